The lowest BCUT2D eigenvalue weighted by molar-refractivity contribution is -0.140. The summed E-state index contributed by atoms with van der Waals surface area (Å²) in [6, 6.07) is 5.78. The van der Waals surface area contributed by atoms with Crippen LogP contribution in [0.2, 0.25) is 5.02 Å². The van der Waals surface area contributed by atoms with Crippen molar-refractivity contribution >= 4 is 27.3 Å². The molecule has 2 rings (SSSR count). The van der Waals surface area contributed by atoms with Gasteiger partial charge in [0, 0.05) is 5.02 Å². The summed E-state index contributed by atoms with van der Waals surface area (Å²) in [7, 11) is -4.31. The van der Waals surface area contributed by atoms with Gasteiger partial charge in [-0.15, -0.1) is 0 Å². The zero-order valence-corrected chi connectivity index (χ0v) is 13.2. The van der Waals surface area contributed by atoms with Gasteiger partial charge in [-0.25, -0.2) is 12.8 Å². The first-order valence-electron chi connectivity index (χ1n) is 6.16. The molecule has 0 heterocycles. The molecule has 0 saturated heterocycles. The number of benzene rings is 2. The molecule has 0 saturated carbocycles. The van der Waals surface area contributed by atoms with E-state index in [0.29, 0.717) is 16.7 Å². The van der Waals surface area contributed by atoms with Gasteiger partial charge in [0.25, 0.3) is 10.0 Å². The van der Waals surface area contributed by atoms with Crippen LogP contribution < -0.4 is 4.72 Å². The maximum absolute atomic E-state index is 13.2. The summed E-state index contributed by atoms with van der Waals surface area (Å²) in [5.74, 6) is -1.54. The van der Waals surface area contributed by atoms with Crippen LogP contribution >= 0.6 is 11.6 Å². The van der Waals surface area contributed by atoms with Crippen molar-refractivity contribution in [2.75, 3.05) is 4.72 Å². The largest absolute Gasteiger partial charge is 0.419 e. The van der Waals surface area contributed by atoms with Crippen molar-refractivity contribution < 1.29 is 26.0 Å². The van der Waals surface area contributed by atoms with Crippen LogP contribution in [-0.4, -0.2) is 8.42 Å². The molecule has 3 nitrogen and oxygen atoms in total. The maximum Gasteiger partial charge on any atom is 0.419 e. The summed E-state index contributed by atoms with van der Waals surface area (Å²) in [5, 5.41) is 0.381. The molecule has 124 valence electrons. The van der Waals surface area contributed by atoms with Gasteiger partial charge in [0.2, 0.25) is 0 Å². The summed E-state index contributed by atoms with van der Waals surface area (Å²) in [5.41, 5.74) is -1.00. The van der Waals surface area contributed by atoms with Crippen molar-refractivity contribution in [1.29, 1.82) is 0 Å². The maximum atomic E-state index is 13.2. The van der Waals surface area contributed by atoms with E-state index in [1.807, 2.05) is 0 Å². The Morgan fingerprint density at radius 3 is 2.30 bits per heavy atom. The van der Waals surface area contributed by atoms with Crippen LogP contribution in [0.3, 0.4) is 0 Å². The minimum Gasteiger partial charge on any atom is -0.279 e. The number of anilines is 1. The molecule has 0 aliphatic heterocycles. The molecular formula is C14H10ClF4NO2S. The fraction of sp³-hybridized carbons (Fsp3) is 0.143. The molecule has 2 aromatic rings. The first-order chi connectivity index (χ1) is 10.5. The monoisotopic (exact) mass is 367 g/mol. The van der Waals surface area contributed by atoms with E-state index in [0.717, 1.165) is 6.07 Å². The van der Waals surface area contributed by atoms with Crippen LogP contribution in [0, 0.1) is 12.7 Å². The van der Waals surface area contributed by atoms with Gasteiger partial charge in [-0.2, -0.15) is 13.2 Å². The fourth-order valence-electron chi connectivity index (χ4n) is 1.83. The lowest BCUT2D eigenvalue weighted by Gasteiger charge is -2.13. The van der Waals surface area contributed by atoms with Crippen LogP contribution in [0.5, 0.6) is 0 Å². The second kappa shape index (κ2) is 6.01. The van der Waals surface area contributed by atoms with Gasteiger partial charge in [0.05, 0.1) is 16.1 Å². The highest BCUT2D eigenvalue weighted by atomic mass is 35.5. The third-order valence-corrected chi connectivity index (χ3v) is 4.58. The number of aryl methyl sites for hydroxylation is 1. The summed E-state index contributed by atoms with van der Waals surface area (Å²) in [6.07, 6.45) is -4.99. The van der Waals surface area contributed by atoms with Gasteiger partial charge in [-0.1, -0.05) is 11.6 Å². The Labute approximate surface area is 134 Å². The van der Waals surface area contributed by atoms with E-state index < -0.39 is 32.5 Å². The third-order valence-electron chi connectivity index (χ3n) is 2.99. The summed E-state index contributed by atoms with van der Waals surface area (Å²) < 4.78 is 77.8. The van der Waals surface area contributed by atoms with E-state index in [2.05, 4.69) is 4.72 Å². The lowest BCUT2D eigenvalue weighted by atomic mass is 10.2. The zero-order chi connectivity index (χ0) is 17.4. The first kappa shape index (κ1) is 17.6. The van der Waals surface area contributed by atoms with Crippen LogP contribution in [0.25, 0.3) is 0 Å². The van der Waals surface area contributed by atoms with Gasteiger partial charge in [-0.05, 0) is 48.9 Å². The summed E-state index contributed by atoms with van der Waals surface area (Å²) in [6.45, 7) is 1.58. The van der Waals surface area contributed by atoms with Crippen molar-refractivity contribution in [3.63, 3.8) is 0 Å². The van der Waals surface area contributed by atoms with Crippen molar-refractivity contribution in [3.8, 4) is 0 Å². The molecular weight excluding hydrogens is 358 g/mol. The number of nitrogens with one attached hydrogen (secondary N) is 1. The predicted molar refractivity (Wildman–Crippen MR) is 78.4 cm³/mol. The van der Waals surface area contributed by atoms with Crippen LogP contribution in [0.4, 0.5) is 23.2 Å². The van der Waals surface area contributed by atoms with Crippen LogP contribution in [0.15, 0.2) is 41.3 Å². The minimum atomic E-state index is -4.99. The molecule has 23 heavy (non-hydrogen) atoms. The Balaban J connectivity index is 2.44. The normalized spacial score (nSPS) is 12.3. The predicted octanol–water partition coefficient (Wildman–Crippen LogP) is 4.61. The Kier molecular flexibility index (Phi) is 4.59. The van der Waals surface area contributed by atoms with Crippen LogP contribution in [-0.2, 0) is 16.2 Å². The molecule has 0 bridgehead atoms. The molecule has 0 aromatic heterocycles. The highest BCUT2D eigenvalue weighted by Gasteiger charge is 2.35. The van der Waals surface area contributed by atoms with E-state index in [9.17, 15) is 26.0 Å². The number of halogens is 5. The molecule has 0 aliphatic carbocycles. The molecule has 9 heteroatoms. The molecule has 0 fully saturated rings. The second-order valence-electron chi connectivity index (χ2n) is 4.70. The molecule has 0 atom stereocenters. The Morgan fingerprint density at radius 2 is 1.74 bits per heavy atom. The average Bonchev–Trinajstić information content (AvgIpc) is 2.41. The van der Waals surface area contributed by atoms with E-state index in [1.54, 1.807) is 6.92 Å². The highest BCUT2D eigenvalue weighted by Crippen LogP contribution is 2.33. The number of rotatable bonds is 3. The molecule has 0 radical (unpaired) electrons. The van der Waals surface area contributed by atoms with E-state index in [-0.39, 0.29) is 11.8 Å². The molecule has 0 amide bonds. The van der Waals surface area contributed by atoms with Gasteiger partial charge in [0.1, 0.15) is 5.82 Å². The SMILES string of the molecule is Cc1cc(Cl)ccc1NS(=O)(=O)c1ccc(F)c(C(F)(F)F)c1. The molecule has 1 N–H and O–H groups in total. The smallest absolute Gasteiger partial charge is 0.279 e. The fourth-order valence-corrected chi connectivity index (χ4v) is 3.22. The average molecular weight is 368 g/mol. The van der Waals surface area contributed by atoms with Crippen molar-refractivity contribution in [3.05, 3.63) is 58.4 Å². The van der Waals surface area contributed by atoms with Crippen LogP contribution in [0.1, 0.15) is 11.1 Å². The quantitative estimate of drug-likeness (QED) is 0.805. The van der Waals surface area contributed by atoms with Crippen molar-refractivity contribution in [2.45, 2.75) is 18.0 Å². The third kappa shape index (κ3) is 3.94. The zero-order valence-electron chi connectivity index (χ0n) is 11.6. The summed E-state index contributed by atoms with van der Waals surface area (Å²) in [4.78, 5) is -0.694. The first-order valence-corrected chi connectivity index (χ1v) is 8.02. The van der Waals surface area contributed by atoms with Crippen molar-refractivity contribution in [2.24, 2.45) is 0 Å². The molecule has 2 aromatic carbocycles. The number of alkyl halides is 3. The van der Waals surface area contributed by atoms with Gasteiger partial charge in [-0.3, -0.25) is 4.72 Å². The van der Waals surface area contributed by atoms with E-state index in [1.165, 1.54) is 18.2 Å². The number of hydrogen-bond acceptors (Lipinski definition) is 2. The Bertz CT molecular complexity index is 850. The number of hydrogen-bond donors (Lipinski definition) is 1. The Hall–Kier alpha value is -1.80. The van der Waals surface area contributed by atoms with E-state index >= 15 is 0 Å². The molecule has 0 unspecified atom stereocenters. The standard InChI is InChI=1S/C14H10ClF4NO2S/c1-8-6-9(15)2-5-13(8)20-23(21,22)10-3-4-12(16)11(7-10)14(17,18)19/h2-7,20H,1H3. The van der Waals surface area contributed by atoms with Gasteiger partial charge < -0.3 is 0 Å². The lowest BCUT2D eigenvalue weighted by Crippen LogP contribution is -2.16. The molecule has 0 spiro atoms. The van der Waals surface area contributed by atoms with Gasteiger partial charge in [0.15, 0.2) is 0 Å². The van der Waals surface area contributed by atoms with E-state index in [4.69, 9.17) is 11.6 Å². The minimum absolute atomic E-state index is 0.160. The second-order valence-corrected chi connectivity index (χ2v) is 6.82. The number of sulfonamides is 1. The van der Waals surface area contributed by atoms with Crippen molar-refractivity contribution in [1.82, 2.24) is 0 Å². The topological polar surface area (TPSA) is 46.2 Å². The Morgan fingerprint density at radius 1 is 1.09 bits per heavy atom. The highest BCUT2D eigenvalue weighted by molar-refractivity contribution is 7.92. The summed E-state index contributed by atoms with van der Waals surface area (Å²) >= 11 is 5.75. The van der Waals surface area contributed by atoms with Gasteiger partial charge >= 0.3 is 6.18 Å². The molecule has 0 aliphatic rings.